The number of hydrogen-bond acceptors (Lipinski definition) is 8. The number of likely N-dealkylation sites (tertiary alicyclic amines) is 1. The van der Waals surface area contributed by atoms with E-state index in [2.05, 4.69) is 56.8 Å². The van der Waals surface area contributed by atoms with Gasteiger partial charge in [-0.25, -0.2) is 14.8 Å². The molecule has 1 aliphatic heterocycles. The van der Waals surface area contributed by atoms with Crippen molar-refractivity contribution < 1.29 is 14.3 Å². The van der Waals surface area contributed by atoms with E-state index in [0.29, 0.717) is 22.8 Å². The maximum atomic E-state index is 13.5. The second kappa shape index (κ2) is 12.4. The molecule has 0 spiro atoms. The van der Waals surface area contributed by atoms with Crippen LogP contribution in [0, 0.1) is 0 Å². The molecule has 2 N–H and O–H groups in total. The van der Waals surface area contributed by atoms with E-state index in [9.17, 15) is 9.59 Å². The van der Waals surface area contributed by atoms with Gasteiger partial charge in [0.15, 0.2) is 5.78 Å². The Kier molecular flexibility index (Phi) is 8.70. The number of thiophene rings is 1. The topological polar surface area (TPSA) is 96.5 Å². The van der Waals surface area contributed by atoms with Gasteiger partial charge in [0.05, 0.1) is 11.1 Å². The smallest absolute Gasteiger partial charge is 0.412 e. The molecular weight excluding hydrogens is 546 g/mol. The SMILES string of the molecule is CN1CCC(Nc2ncc(C(=O)Cc3cc(-c4cccs4)ccc3NC(=O)OC(C)(C)C)cn2)(c2ccccc2)CC1. The van der Waals surface area contributed by atoms with Gasteiger partial charge in [-0.05, 0) is 80.9 Å². The van der Waals surface area contributed by atoms with E-state index < -0.39 is 11.7 Å². The van der Waals surface area contributed by atoms with Gasteiger partial charge in [-0.15, -0.1) is 11.3 Å². The van der Waals surface area contributed by atoms with E-state index in [4.69, 9.17) is 4.74 Å². The van der Waals surface area contributed by atoms with Crippen molar-refractivity contribution in [3.05, 3.63) is 95.1 Å². The van der Waals surface area contributed by atoms with Gasteiger partial charge < -0.3 is 15.0 Å². The van der Waals surface area contributed by atoms with Crippen molar-refractivity contribution >= 4 is 34.8 Å². The highest BCUT2D eigenvalue weighted by molar-refractivity contribution is 7.13. The van der Waals surface area contributed by atoms with Crippen molar-refractivity contribution in [1.29, 1.82) is 0 Å². The minimum atomic E-state index is -0.642. The van der Waals surface area contributed by atoms with Crippen LogP contribution in [0.1, 0.15) is 55.1 Å². The maximum absolute atomic E-state index is 13.5. The molecule has 4 aromatic rings. The Morgan fingerprint density at radius 1 is 1.00 bits per heavy atom. The normalized spacial score (nSPS) is 15.1. The zero-order chi connectivity index (χ0) is 29.7. The lowest BCUT2D eigenvalue weighted by Gasteiger charge is -2.41. The molecule has 0 aliphatic carbocycles. The van der Waals surface area contributed by atoms with E-state index in [1.54, 1.807) is 23.7 Å². The quantitative estimate of drug-likeness (QED) is 0.215. The molecule has 1 amide bonds. The number of ether oxygens (including phenoxy) is 1. The zero-order valence-electron chi connectivity index (χ0n) is 24.5. The van der Waals surface area contributed by atoms with Gasteiger partial charge in [-0.1, -0.05) is 42.5 Å². The summed E-state index contributed by atoms with van der Waals surface area (Å²) in [7, 11) is 2.14. The largest absolute Gasteiger partial charge is 0.444 e. The zero-order valence-corrected chi connectivity index (χ0v) is 25.3. The number of carbonyl (C=O) groups excluding carboxylic acids is 2. The minimum absolute atomic E-state index is 0.0702. The number of ketones is 1. The molecule has 0 bridgehead atoms. The van der Waals surface area contributed by atoms with Gasteiger partial charge in [0.1, 0.15) is 5.60 Å². The van der Waals surface area contributed by atoms with Crippen LogP contribution in [-0.4, -0.2) is 52.5 Å². The molecule has 0 saturated carbocycles. The summed E-state index contributed by atoms with van der Waals surface area (Å²) in [6, 6.07) is 20.1. The molecule has 1 saturated heterocycles. The minimum Gasteiger partial charge on any atom is -0.444 e. The Morgan fingerprint density at radius 2 is 1.71 bits per heavy atom. The van der Waals surface area contributed by atoms with Crippen molar-refractivity contribution in [1.82, 2.24) is 14.9 Å². The molecule has 3 heterocycles. The molecule has 1 aliphatic rings. The highest BCUT2D eigenvalue weighted by Crippen LogP contribution is 2.35. The molecule has 0 radical (unpaired) electrons. The predicted octanol–water partition coefficient (Wildman–Crippen LogP) is 7.01. The lowest BCUT2D eigenvalue weighted by atomic mass is 9.81. The summed E-state index contributed by atoms with van der Waals surface area (Å²) in [5, 5.41) is 8.43. The second-order valence-electron chi connectivity index (χ2n) is 11.7. The lowest BCUT2D eigenvalue weighted by Crippen LogP contribution is -2.46. The summed E-state index contributed by atoms with van der Waals surface area (Å²) >= 11 is 1.61. The molecule has 42 heavy (non-hydrogen) atoms. The van der Waals surface area contributed by atoms with Crippen LogP contribution < -0.4 is 10.6 Å². The summed E-state index contributed by atoms with van der Waals surface area (Å²) in [5.74, 6) is 0.348. The molecule has 8 nitrogen and oxygen atoms in total. The average Bonchev–Trinajstić information content (AvgIpc) is 3.50. The van der Waals surface area contributed by atoms with E-state index in [0.717, 1.165) is 36.4 Å². The number of amides is 1. The van der Waals surface area contributed by atoms with Gasteiger partial charge in [-0.3, -0.25) is 10.1 Å². The molecule has 5 rings (SSSR count). The first kappa shape index (κ1) is 29.4. The first-order valence-corrected chi connectivity index (χ1v) is 15.0. The van der Waals surface area contributed by atoms with Gasteiger partial charge >= 0.3 is 6.09 Å². The van der Waals surface area contributed by atoms with Crippen LogP contribution in [0.3, 0.4) is 0 Å². The molecule has 2 aromatic carbocycles. The third-order valence-electron chi connectivity index (χ3n) is 7.39. The summed E-state index contributed by atoms with van der Waals surface area (Å²) < 4.78 is 5.45. The Hall–Kier alpha value is -4.08. The van der Waals surface area contributed by atoms with Crippen molar-refractivity contribution in [3.63, 3.8) is 0 Å². The van der Waals surface area contributed by atoms with Gasteiger partial charge in [-0.2, -0.15) is 0 Å². The number of hydrogen-bond donors (Lipinski definition) is 2. The van der Waals surface area contributed by atoms with Crippen molar-refractivity contribution in [2.75, 3.05) is 30.8 Å². The van der Waals surface area contributed by atoms with Gasteiger partial charge in [0, 0.05) is 42.5 Å². The number of anilines is 2. The molecule has 2 aromatic heterocycles. The fraction of sp³-hybridized carbons (Fsp3) is 0.333. The second-order valence-corrected chi connectivity index (χ2v) is 12.7. The van der Waals surface area contributed by atoms with Gasteiger partial charge in [0.25, 0.3) is 0 Å². The average molecular weight is 584 g/mol. The summed E-state index contributed by atoms with van der Waals surface area (Å²) in [5.41, 5.74) is 2.89. The standard InChI is InChI=1S/C33H37N5O3S/c1-32(2,3)41-31(40)36-27-13-12-23(29-11-8-18-42-29)19-24(27)20-28(39)25-21-34-30(35-22-25)37-33(14-16-38(4)17-15-33)26-9-6-5-7-10-26/h5-13,18-19,21-22H,14-17,20H2,1-4H3,(H,36,40)(H,34,35,37). The van der Waals surface area contributed by atoms with Crippen molar-refractivity contribution in [2.45, 2.75) is 51.2 Å². The number of carbonyl (C=O) groups is 2. The van der Waals surface area contributed by atoms with Crippen LogP contribution in [0.15, 0.2) is 78.4 Å². The van der Waals surface area contributed by atoms with Gasteiger partial charge in [0.2, 0.25) is 5.95 Å². The first-order valence-electron chi connectivity index (χ1n) is 14.1. The van der Waals surface area contributed by atoms with E-state index in [1.807, 2.05) is 62.5 Å². The third kappa shape index (κ3) is 7.21. The summed E-state index contributed by atoms with van der Waals surface area (Å²) in [6.45, 7) is 7.35. The van der Waals surface area contributed by atoms with Crippen molar-refractivity contribution in [3.8, 4) is 10.4 Å². The lowest BCUT2D eigenvalue weighted by molar-refractivity contribution is 0.0635. The molecule has 218 valence electrons. The monoisotopic (exact) mass is 583 g/mol. The van der Waals surface area contributed by atoms with E-state index in [-0.39, 0.29) is 17.7 Å². The summed E-state index contributed by atoms with van der Waals surface area (Å²) in [4.78, 5) is 38.5. The Morgan fingerprint density at radius 3 is 2.36 bits per heavy atom. The fourth-order valence-corrected chi connectivity index (χ4v) is 5.86. The number of Topliss-reactive ketones (excluding diaryl/α,β-unsaturated/α-hetero) is 1. The van der Waals surface area contributed by atoms with E-state index in [1.165, 1.54) is 5.56 Å². The number of aromatic nitrogens is 2. The van der Waals surface area contributed by atoms with Crippen LogP contribution in [-0.2, 0) is 16.7 Å². The third-order valence-corrected chi connectivity index (χ3v) is 8.31. The van der Waals surface area contributed by atoms with Crippen LogP contribution in [0.2, 0.25) is 0 Å². The Labute approximate surface area is 251 Å². The maximum Gasteiger partial charge on any atom is 0.412 e. The molecule has 0 unspecified atom stereocenters. The summed E-state index contributed by atoms with van der Waals surface area (Å²) in [6.07, 6.45) is 4.50. The number of nitrogens with one attached hydrogen (secondary N) is 2. The molecular formula is C33H37N5O3S. The van der Waals surface area contributed by atoms with Crippen LogP contribution in [0.25, 0.3) is 10.4 Å². The number of nitrogens with zero attached hydrogens (tertiary/aromatic N) is 3. The Balaban J connectivity index is 1.35. The first-order chi connectivity index (χ1) is 20.1. The molecule has 1 fully saturated rings. The highest BCUT2D eigenvalue weighted by Gasteiger charge is 2.36. The van der Waals surface area contributed by atoms with Crippen LogP contribution >= 0.6 is 11.3 Å². The Bertz CT molecular complexity index is 1510. The van der Waals surface area contributed by atoms with Crippen LogP contribution in [0.4, 0.5) is 16.4 Å². The number of rotatable bonds is 8. The van der Waals surface area contributed by atoms with Crippen molar-refractivity contribution in [2.24, 2.45) is 0 Å². The molecule has 0 atom stereocenters. The molecule has 9 heteroatoms. The van der Waals surface area contributed by atoms with Crippen LogP contribution in [0.5, 0.6) is 0 Å². The highest BCUT2D eigenvalue weighted by atomic mass is 32.1. The predicted molar refractivity (Wildman–Crippen MR) is 168 cm³/mol. The fourth-order valence-electron chi connectivity index (χ4n) is 5.14. The van der Waals surface area contributed by atoms with E-state index >= 15 is 0 Å². The number of benzene rings is 2. The number of piperidine rings is 1.